The molecule has 1 saturated heterocycles. The van der Waals surface area contributed by atoms with Gasteiger partial charge in [-0.15, -0.1) is 23.5 Å². The zero-order chi connectivity index (χ0) is 17.0. The van der Waals surface area contributed by atoms with E-state index in [1.54, 1.807) is 30.4 Å². The SMILES string of the molecule is CC(=O)C1([C@H](CC(C)C)NS(=O)c2ccc(C)cc2)SCCS1. The lowest BCUT2D eigenvalue weighted by Gasteiger charge is -2.35. The zero-order valence-corrected chi connectivity index (χ0v) is 16.6. The summed E-state index contributed by atoms with van der Waals surface area (Å²) in [5.74, 6) is 2.54. The molecule has 128 valence electrons. The molecule has 3 nitrogen and oxygen atoms in total. The molecule has 1 aromatic carbocycles. The van der Waals surface area contributed by atoms with E-state index in [9.17, 15) is 9.00 Å². The number of benzene rings is 1. The van der Waals surface area contributed by atoms with Gasteiger partial charge in [-0.2, -0.15) is 0 Å². The molecule has 0 spiro atoms. The molecule has 23 heavy (non-hydrogen) atoms. The highest BCUT2D eigenvalue weighted by Gasteiger charge is 2.48. The summed E-state index contributed by atoms with van der Waals surface area (Å²) in [6.45, 7) is 7.95. The lowest BCUT2D eigenvalue weighted by atomic mass is 9.99. The second-order valence-electron chi connectivity index (χ2n) is 6.30. The second kappa shape index (κ2) is 8.19. The maximum Gasteiger partial charge on any atom is 0.157 e. The Hall–Kier alpha value is -0.300. The molecule has 0 bridgehead atoms. The lowest BCUT2D eigenvalue weighted by Crippen LogP contribution is -2.50. The molecule has 2 atom stereocenters. The predicted molar refractivity (Wildman–Crippen MR) is 102 cm³/mol. The maximum atomic E-state index is 12.7. The molecule has 1 aromatic rings. The lowest BCUT2D eigenvalue weighted by molar-refractivity contribution is -0.117. The molecule has 1 aliphatic rings. The van der Waals surface area contributed by atoms with E-state index >= 15 is 0 Å². The van der Waals surface area contributed by atoms with E-state index in [0.29, 0.717) is 5.92 Å². The Balaban J connectivity index is 2.23. The predicted octanol–water partition coefficient (Wildman–Crippen LogP) is 3.79. The Morgan fingerprint density at radius 1 is 1.26 bits per heavy atom. The van der Waals surface area contributed by atoms with Crippen LogP contribution >= 0.6 is 23.5 Å². The normalized spacial score (nSPS) is 19.7. The summed E-state index contributed by atoms with van der Waals surface area (Å²) in [6.07, 6.45) is 0.831. The number of carbonyl (C=O) groups excluding carboxylic acids is 1. The summed E-state index contributed by atoms with van der Waals surface area (Å²) in [6, 6.07) is 7.61. The van der Waals surface area contributed by atoms with E-state index in [-0.39, 0.29) is 11.8 Å². The number of nitrogens with one attached hydrogen (secondary N) is 1. The zero-order valence-electron chi connectivity index (χ0n) is 14.1. The number of carbonyl (C=O) groups is 1. The standard InChI is InChI=1S/C17H25NO2S3/c1-12(2)11-16(17(14(4)19)21-9-10-22-17)18-23(20)15-7-5-13(3)6-8-15/h5-8,12,16,18H,9-11H2,1-4H3/t16-,23?/m0/s1. The first-order chi connectivity index (χ1) is 10.8. The Morgan fingerprint density at radius 3 is 2.30 bits per heavy atom. The van der Waals surface area contributed by atoms with Gasteiger partial charge in [-0.3, -0.25) is 4.79 Å². The molecule has 1 N–H and O–H groups in total. The number of ketones is 1. The van der Waals surface area contributed by atoms with Gasteiger partial charge in [0.25, 0.3) is 0 Å². The van der Waals surface area contributed by atoms with E-state index in [2.05, 4.69) is 18.6 Å². The molecule has 1 unspecified atom stereocenters. The van der Waals surface area contributed by atoms with Gasteiger partial charge >= 0.3 is 0 Å². The van der Waals surface area contributed by atoms with Crippen LogP contribution < -0.4 is 4.72 Å². The van der Waals surface area contributed by atoms with Crippen LogP contribution in [-0.2, 0) is 15.8 Å². The van der Waals surface area contributed by atoms with Gasteiger partial charge in [-0.1, -0.05) is 31.5 Å². The number of aryl methyl sites for hydroxylation is 1. The average molecular weight is 372 g/mol. The molecular formula is C17H25NO2S3. The van der Waals surface area contributed by atoms with Crippen molar-refractivity contribution < 1.29 is 9.00 Å². The van der Waals surface area contributed by atoms with E-state index in [0.717, 1.165) is 28.4 Å². The number of hydrogen-bond donors (Lipinski definition) is 1. The number of hydrogen-bond acceptors (Lipinski definition) is 4. The van der Waals surface area contributed by atoms with E-state index < -0.39 is 15.1 Å². The van der Waals surface area contributed by atoms with Crippen molar-refractivity contribution in [3.8, 4) is 0 Å². The summed E-state index contributed by atoms with van der Waals surface area (Å²) in [7, 11) is -1.31. The largest absolute Gasteiger partial charge is 0.297 e. The quantitative estimate of drug-likeness (QED) is 0.792. The summed E-state index contributed by atoms with van der Waals surface area (Å²) in [5.41, 5.74) is 1.14. The number of Topliss-reactive ketones (excluding diaryl/α,β-unsaturated/α-hetero) is 1. The third-order valence-electron chi connectivity index (χ3n) is 3.86. The molecular weight excluding hydrogens is 346 g/mol. The van der Waals surface area contributed by atoms with Crippen LogP contribution in [0.25, 0.3) is 0 Å². The fraction of sp³-hybridized carbons (Fsp3) is 0.588. The van der Waals surface area contributed by atoms with Crippen LogP contribution in [-0.4, -0.2) is 31.6 Å². The van der Waals surface area contributed by atoms with Crippen molar-refractivity contribution in [2.24, 2.45) is 5.92 Å². The van der Waals surface area contributed by atoms with Crippen molar-refractivity contribution in [3.63, 3.8) is 0 Å². The molecule has 1 fully saturated rings. The number of thioether (sulfide) groups is 2. The first kappa shape index (κ1) is 19.0. The molecule has 0 aliphatic carbocycles. The van der Waals surface area contributed by atoms with Gasteiger partial charge in [0.1, 0.15) is 15.1 Å². The molecule has 0 amide bonds. The van der Waals surface area contributed by atoms with Crippen LogP contribution in [0.1, 0.15) is 32.8 Å². The van der Waals surface area contributed by atoms with Crippen LogP contribution in [0.5, 0.6) is 0 Å². The Morgan fingerprint density at radius 2 is 1.83 bits per heavy atom. The highest BCUT2D eigenvalue weighted by Crippen LogP contribution is 2.48. The van der Waals surface area contributed by atoms with Crippen molar-refractivity contribution in [2.45, 2.75) is 49.1 Å². The van der Waals surface area contributed by atoms with Crippen molar-refractivity contribution in [1.82, 2.24) is 4.72 Å². The molecule has 0 saturated carbocycles. The van der Waals surface area contributed by atoms with Crippen molar-refractivity contribution in [1.29, 1.82) is 0 Å². The monoisotopic (exact) mass is 371 g/mol. The fourth-order valence-electron chi connectivity index (χ4n) is 2.69. The number of rotatable bonds is 7. The molecule has 0 aromatic heterocycles. The van der Waals surface area contributed by atoms with Crippen LogP contribution in [0.2, 0.25) is 0 Å². The maximum absolute atomic E-state index is 12.7. The van der Waals surface area contributed by atoms with Crippen molar-refractivity contribution in [2.75, 3.05) is 11.5 Å². The van der Waals surface area contributed by atoms with Crippen LogP contribution in [0.4, 0.5) is 0 Å². The minimum absolute atomic E-state index is 0.0976. The molecule has 2 rings (SSSR count). The smallest absolute Gasteiger partial charge is 0.157 e. The summed E-state index contributed by atoms with van der Waals surface area (Å²) in [5, 5.41) is 0. The highest BCUT2D eigenvalue weighted by atomic mass is 32.2. The van der Waals surface area contributed by atoms with Gasteiger partial charge < -0.3 is 0 Å². The third-order valence-corrected chi connectivity index (χ3v) is 8.84. The van der Waals surface area contributed by atoms with Gasteiger partial charge in [0.05, 0.1) is 10.9 Å². The topological polar surface area (TPSA) is 46.2 Å². The van der Waals surface area contributed by atoms with Crippen molar-refractivity contribution >= 4 is 40.3 Å². The van der Waals surface area contributed by atoms with E-state index in [1.807, 2.05) is 31.2 Å². The van der Waals surface area contributed by atoms with Crippen LogP contribution in [0.3, 0.4) is 0 Å². The van der Waals surface area contributed by atoms with Gasteiger partial charge in [0, 0.05) is 11.5 Å². The first-order valence-corrected chi connectivity index (χ1v) is 11.0. The summed E-state index contributed by atoms with van der Waals surface area (Å²) >= 11 is 3.41. The Labute approximate surface area is 150 Å². The van der Waals surface area contributed by atoms with Gasteiger partial charge in [-0.05, 0) is 38.3 Å². The van der Waals surface area contributed by atoms with Crippen LogP contribution in [0.15, 0.2) is 29.2 Å². The minimum atomic E-state index is -1.31. The Kier molecular flexibility index (Phi) is 6.77. The van der Waals surface area contributed by atoms with E-state index in [1.165, 1.54) is 0 Å². The summed E-state index contributed by atoms with van der Waals surface area (Å²) < 4.78 is 15.5. The van der Waals surface area contributed by atoms with Gasteiger partial charge in [0.2, 0.25) is 0 Å². The molecule has 1 aliphatic heterocycles. The highest BCUT2D eigenvalue weighted by molar-refractivity contribution is 8.22. The molecule has 6 heteroatoms. The fourth-order valence-corrected chi connectivity index (χ4v) is 7.12. The van der Waals surface area contributed by atoms with Crippen molar-refractivity contribution in [3.05, 3.63) is 29.8 Å². The molecule has 0 radical (unpaired) electrons. The Bertz CT molecular complexity index is 566. The second-order valence-corrected chi connectivity index (χ2v) is 10.5. The molecule has 1 heterocycles. The first-order valence-electron chi connectivity index (χ1n) is 7.88. The van der Waals surface area contributed by atoms with Gasteiger partial charge in [0.15, 0.2) is 5.78 Å². The van der Waals surface area contributed by atoms with E-state index in [4.69, 9.17) is 0 Å². The van der Waals surface area contributed by atoms with Gasteiger partial charge in [-0.25, -0.2) is 8.93 Å². The summed E-state index contributed by atoms with van der Waals surface area (Å²) in [4.78, 5) is 13.1. The average Bonchev–Trinajstić information content (AvgIpc) is 2.97. The third kappa shape index (κ3) is 4.62. The van der Waals surface area contributed by atoms with Crippen LogP contribution in [0, 0.1) is 12.8 Å². The minimum Gasteiger partial charge on any atom is -0.297 e.